The van der Waals surface area contributed by atoms with Gasteiger partial charge in [0.25, 0.3) is 0 Å². The summed E-state index contributed by atoms with van der Waals surface area (Å²) in [7, 11) is 0. The molecule has 2 nitrogen and oxygen atoms in total. The molecule has 1 unspecified atom stereocenters. The van der Waals surface area contributed by atoms with Crippen molar-refractivity contribution in [2.75, 3.05) is 18.0 Å². The Hall–Kier alpha value is -1.09. The van der Waals surface area contributed by atoms with Crippen LogP contribution in [0, 0.1) is 5.82 Å². The molecule has 0 aromatic heterocycles. The lowest BCUT2D eigenvalue weighted by Crippen LogP contribution is -2.29. The van der Waals surface area contributed by atoms with Gasteiger partial charge >= 0.3 is 0 Å². The van der Waals surface area contributed by atoms with Crippen LogP contribution in [0.25, 0.3) is 0 Å². The van der Waals surface area contributed by atoms with Crippen LogP contribution in [0.15, 0.2) is 18.2 Å². The molecular weight excluding hydrogens is 227 g/mol. The van der Waals surface area contributed by atoms with Gasteiger partial charge in [0.15, 0.2) is 0 Å². The second-order valence-corrected chi connectivity index (χ2v) is 5.22. The van der Waals surface area contributed by atoms with Crippen molar-refractivity contribution in [1.29, 1.82) is 0 Å². The first-order chi connectivity index (χ1) is 8.70. The summed E-state index contributed by atoms with van der Waals surface area (Å²) in [6, 6.07) is 5.12. The van der Waals surface area contributed by atoms with Crippen LogP contribution in [0.3, 0.4) is 0 Å². The zero-order valence-corrected chi connectivity index (χ0v) is 11.2. The van der Waals surface area contributed by atoms with E-state index in [0.29, 0.717) is 0 Å². The van der Waals surface area contributed by atoms with Crippen LogP contribution in [-0.2, 0) is 0 Å². The third kappa shape index (κ3) is 3.02. The normalized spacial score (nSPS) is 19.2. The third-order valence-corrected chi connectivity index (χ3v) is 3.68. The van der Waals surface area contributed by atoms with E-state index in [1.165, 1.54) is 19.3 Å². The van der Waals surface area contributed by atoms with E-state index in [2.05, 4.69) is 4.90 Å². The monoisotopic (exact) mass is 250 g/mol. The van der Waals surface area contributed by atoms with Crippen LogP contribution < -0.4 is 10.6 Å². The van der Waals surface area contributed by atoms with Crippen LogP contribution in [0.5, 0.6) is 0 Å². The van der Waals surface area contributed by atoms with E-state index in [1.54, 1.807) is 12.1 Å². The Bertz CT molecular complexity index is 382. The van der Waals surface area contributed by atoms with Gasteiger partial charge in [-0.05, 0) is 31.4 Å². The molecular formula is C15H23FN2. The highest BCUT2D eigenvalue weighted by Crippen LogP contribution is 2.29. The highest BCUT2D eigenvalue weighted by atomic mass is 19.1. The smallest absolute Gasteiger partial charge is 0.146 e. The van der Waals surface area contributed by atoms with Crippen molar-refractivity contribution in [1.82, 2.24) is 0 Å². The Morgan fingerprint density at radius 3 is 2.33 bits per heavy atom. The molecule has 0 bridgehead atoms. The van der Waals surface area contributed by atoms with Crippen LogP contribution in [0.1, 0.15) is 50.6 Å². The Labute approximate surface area is 109 Å². The number of hydrogen-bond donors (Lipinski definition) is 1. The number of para-hydroxylation sites is 1. The fraction of sp³-hybridized carbons (Fsp3) is 0.600. The van der Waals surface area contributed by atoms with Gasteiger partial charge in [-0.15, -0.1) is 0 Å². The number of nitrogens with zero attached hydrogens (tertiary/aromatic N) is 1. The number of benzene rings is 1. The number of nitrogens with two attached hydrogens (primary N) is 1. The number of hydrogen-bond acceptors (Lipinski definition) is 2. The summed E-state index contributed by atoms with van der Waals surface area (Å²) in [5.74, 6) is -0.134. The van der Waals surface area contributed by atoms with Crippen molar-refractivity contribution in [3.63, 3.8) is 0 Å². The molecule has 1 aliphatic heterocycles. The van der Waals surface area contributed by atoms with E-state index in [-0.39, 0.29) is 11.9 Å². The van der Waals surface area contributed by atoms with E-state index in [1.807, 2.05) is 13.0 Å². The average Bonchev–Trinajstić information content (AvgIpc) is 2.29. The lowest BCUT2D eigenvalue weighted by atomic mass is 10.0. The van der Waals surface area contributed by atoms with Gasteiger partial charge in [-0.25, -0.2) is 4.39 Å². The van der Waals surface area contributed by atoms with Gasteiger partial charge < -0.3 is 10.6 Å². The molecule has 0 radical (unpaired) electrons. The van der Waals surface area contributed by atoms with Gasteiger partial charge in [0.05, 0.1) is 5.69 Å². The van der Waals surface area contributed by atoms with Crippen molar-refractivity contribution in [2.45, 2.75) is 45.1 Å². The maximum atomic E-state index is 14.1. The van der Waals surface area contributed by atoms with Gasteiger partial charge in [0.2, 0.25) is 0 Å². The molecule has 1 fully saturated rings. The first kappa shape index (κ1) is 13.3. The average molecular weight is 250 g/mol. The molecule has 1 atom stereocenters. The van der Waals surface area contributed by atoms with Crippen molar-refractivity contribution in [2.24, 2.45) is 5.73 Å². The molecule has 1 aliphatic rings. The van der Waals surface area contributed by atoms with Crippen molar-refractivity contribution in [3.8, 4) is 0 Å². The zero-order chi connectivity index (χ0) is 13.0. The number of halogens is 1. The Balaban J connectivity index is 2.29. The molecule has 2 N–H and O–H groups in total. The summed E-state index contributed by atoms with van der Waals surface area (Å²) in [4.78, 5) is 2.19. The molecule has 100 valence electrons. The minimum absolute atomic E-state index is 0.124. The van der Waals surface area contributed by atoms with E-state index < -0.39 is 0 Å². The minimum atomic E-state index is -0.134. The fourth-order valence-corrected chi connectivity index (χ4v) is 2.70. The highest BCUT2D eigenvalue weighted by Gasteiger charge is 2.18. The second-order valence-electron chi connectivity index (χ2n) is 5.22. The maximum absolute atomic E-state index is 14.1. The summed E-state index contributed by atoms with van der Waals surface area (Å²) in [5, 5.41) is 0. The highest BCUT2D eigenvalue weighted by molar-refractivity contribution is 5.56. The molecule has 1 heterocycles. The Morgan fingerprint density at radius 1 is 1.11 bits per heavy atom. The van der Waals surface area contributed by atoms with E-state index >= 15 is 0 Å². The minimum Gasteiger partial charge on any atom is -0.369 e. The first-order valence-electron chi connectivity index (χ1n) is 6.99. The van der Waals surface area contributed by atoms with Crippen molar-refractivity contribution < 1.29 is 4.39 Å². The molecule has 0 aliphatic carbocycles. The number of anilines is 1. The number of rotatable bonds is 2. The van der Waals surface area contributed by atoms with Gasteiger partial charge in [-0.3, -0.25) is 0 Å². The first-order valence-corrected chi connectivity index (χ1v) is 6.99. The lowest BCUT2D eigenvalue weighted by Gasteiger charge is -2.30. The van der Waals surface area contributed by atoms with Crippen LogP contribution >= 0.6 is 0 Å². The Morgan fingerprint density at radius 2 is 1.72 bits per heavy atom. The Kier molecular flexibility index (Phi) is 4.59. The molecule has 0 saturated carbocycles. The second kappa shape index (κ2) is 6.19. The summed E-state index contributed by atoms with van der Waals surface area (Å²) < 4.78 is 14.1. The zero-order valence-electron chi connectivity index (χ0n) is 11.2. The molecule has 3 heteroatoms. The molecule has 1 aromatic rings. The SMILES string of the molecule is CC(N)c1cccc(F)c1N1CCCCCCC1. The van der Waals surface area contributed by atoms with Gasteiger partial charge in [-0.2, -0.15) is 0 Å². The predicted molar refractivity (Wildman–Crippen MR) is 74.3 cm³/mol. The molecule has 0 spiro atoms. The van der Waals surface area contributed by atoms with Crippen LogP contribution in [0.2, 0.25) is 0 Å². The van der Waals surface area contributed by atoms with E-state index in [0.717, 1.165) is 37.2 Å². The summed E-state index contributed by atoms with van der Waals surface area (Å²) in [6.45, 7) is 3.81. The summed E-state index contributed by atoms with van der Waals surface area (Å²) in [5.41, 5.74) is 7.62. The van der Waals surface area contributed by atoms with Crippen LogP contribution in [0.4, 0.5) is 10.1 Å². The van der Waals surface area contributed by atoms with Gasteiger partial charge in [0, 0.05) is 19.1 Å². The standard InChI is InChI=1S/C15H23FN2/c1-12(17)13-8-7-9-14(16)15(13)18-10-5-3-2-4-6-11-18/h7-9,12H,2-6,10-11,17H2,1H3. The fourth-order valence-electron chi connectivity index (χ4n) is 2.70. The molecule has 1 saturated heterocycles. The lowest BCUT2D eigenvalue weighted by molar-refractivity contribution is 0.541. The topological polar surface area (TPSA) is 29.3 Å². The van der Waals surface area contributed by atoms with Gasteiger partial charge in [-0.1, -0.05) is 31.4 Å². The summed E-state index contributed by atoms with van der Waals surface area (Å²) >= 11 is 0. The molecule has 1 aromatic carbocycles. The third-order valence-electron chi connectivity index (χ3n) is 3.68. The molecule has 2 rings (SSSR count). The van der Waals surface area contributed by atoms with Crippen LogP contribution in [-0.4, -0.2) is 13.1 Å². The molecule has 18 heavy (non-hydrogen) atoms. The summed E-state index contributed by atoms with van der Waals surface area (Å²) in [6.07, 6.45) is 6.10. The van der Waals surface area contributed by atoms with E-state index in [9.17, 15) is 4.39 Å². The predicted octanol–water partition coefficient (Wildman–Crippen LogP) is 3.62. The van der Waals surface area contributed by atoms with Gasteiger partial charge in [0.1, 0.15) is 5.82 Å². The quantitative estimate of drug-likeness (QED) is 0.868. The van der Waals surface area contributed by atoms with Crippen molar-refractivity contribution >= 4 is 5.69 Å². The molecule has 0 amide bonds. The maximum Gasteiger partial charge on any atom is 0.146 e. The van der Waals surface area contributed by atoms with Crippen molar-refractivity contribution in [3.05, 3.63) is 29.6 Å². The van der Waals surface area contributed by atoms with E-state index in [4.69, 9.17) is 5.73 Å². The largest absolute Gasteiger partial charge is 0.369 e.